The fraction of sp³-hybridized carbons (Fsp3) is 0.727. The Kier molecular flexibility index (Phi) is 2.88. The van der Waals surface area contributed by atoms with Gasteiger partial charge in [-0.05, 0) is 6.42 Å². The molecule has 1 aromatic heterocycles. The minimum absolute atomic E-state index is 0.0188. The Morgan fingerprint density at radius 3 is 2.36 bits per heavy atom. The van der Waals surface area contributed by atoms with Crippen LogP contribution < -0.4 is 5.56 Å². The van der Waals surface area contributed by atoms with Crippen molar-refractivity contribution in [2.75, 3.05) is 0 Å². The van der Waals surface area contributed by atoms with Gasteiger partial charge in [0.1, 0.15) is 0 Å². The first-order chi connectivity index (χ1) is 6.38. The molecule has 0 aliphatic rings. The number of aromatic nitrogens is 2. The van der Waals surface area contributed by atoms with Crippen molar-refractivity contribution in [2.45, 2.75) is 46.0 Å². The summed E-state index contributed by atoms with van der Waals surface area (Å²) in [6.45, 7) is 8.46. The molecule has 0 atom stereocenters. The van der Waals surface area contributed by atoms with Gasteiger partial charge in [-0.25, -0.2) is 0 Å². The fourth-order valence-corrected chi connectivity index (χ4v) is 1.70. The molecule has 3 heteroatoms. The van der Waals surface area contributed by atoms with Gasteiger partial charge in [-0.1, -0.05) is 34.1 Å². The summed E-state index contributed by atoms with van der Waals surface area (Å²) in [7, 11) is 1.77. The van der Waals surface area contributed by atoms with Gasteiger partial charge in [0, 0.05) is 23.7 Å². The predicted molar refractivity (Wildman–Crippen MR) is 58.7 cm³/mol. The van der Waals surface area contributed by atoms with Crippen molar-refractivity contribution in [2.24, 2.45) is 7.05 Å². The number of hydrogen-bond acceptors (Lipinski definition) is 1. The van der Waals surface area contributed by atoms with Crippen LogP contribution in [0.5, 0.6) is 0 Å². The average molecular weight is 196 g/mol. The molecule has 0 spiro atoms. The molecular formula is C11H20N2O. The molecule has 0 saturated carbocycles. The number of rotatable bonds is 2. The number of aryl methyl sites for hydroxylation is 1. The van der Waals surface area contributed by atoms with Crippen LogP contribution in [0.25, 0.3) is 0 Å². The molecule has 0 aromatic carbocycles. The molecule has 80 valence electrons. The Morgan fingerprint density at radius 1 is 1.36 bits per heavy atom. The Labute approximate surface area is 85.1 Å². The Bertz CT molecular complexity index is 366. The first kappa shape index (κ1) is 11.1. The van der Waals surface area contributed by atoms with E-state index in [1.165, 1.54) is 0 Å². The van der Waals surface area contributed by atoms with Gasteiger partial charge in [0.05, 0.1) is 0 Å². The largest absolute Gasteiger partial charge is 0.299 e. The highest BCUT2D eigenvalue weighted by molar-refractivity contribution is 5.24. The second-order valence-corrected chi connectivity index (χ2v) is 4.83. The number of hydrogen-bond donors (Lipinski definition) is 1. The van der Waals surface area contributed by atoms with Crippen molar-refractivity contribution in [1.29, 1.82) is 0 Å². The first-order valence-corrected chi connectivity index (χ1v) is 5.16. The van der Waals surface area contributed by atoms with Crippen molar-refractivity contribution in [3.05, 3.63) is 21.6 Å². The Morgan fingerprint density at radius 2 is 1.93 bits per heavy atom. The summed E-state index contributed by atoms with van der Waals surface area (Å²) in [5, 5.41) is 3.14. The van der Waals surface area contributed by atoms with Crippen LogP contribution in [0.3, 0.4) is 0 Å². The molecular weight excluding hydrogens is 176 g/mol. The van der Waals surface area contributed by atoms with Crippen molar-refractivity contribution in [3.8, 4) is 0 Å². The van der Waals surface area contributed by atoms with Crippen molar-refractivity contribution in [3.63, 3.8) is 0 Å². The maximum atomic E-state index is 11.8. The lowest BCUT2D eigenvalue weighted by Gasteiger charge is -2.17. The van der Waals surface area contributed by atoms with E-state index in [4.69, 9.17) is 0 Å². The standard InChI is InChI=1S/C11H20N2O/c1-6-7-8-9(11(2,3)4)12-13(5)10(8)14/h12H,6-7H2,1-5H3. The van der Waals surface area contributed by atoms with Gasteiger partial charge in [-0.3, -0.25) is 14.6 Å². The summed E-state index contributed by atoms with van der Waals surface area (Å²) < 4.78 is 1.57. The minimum Gasteiger partial charge on any atom is -0.299 e. The summed E-state index contributed by atoms with van der Waals surface area (Å²) in [5.41, 5.74) is 2.16. The highest BCUT2D eigenvalue weighted by Gasteiger charge is 2.22. The number of aromatic amines is 1. The van der Waals surface area contributed by atoms with Crippen LogP contribution in [0.4, 0.5) is 0 Å². The molecule has 0 bridgehead atoms. The Balaban J connectivity index is 3.30. The van der Waals surface area contributed by atoms with E-state index in [-0.39, 0.29) is 11.0 Å². The molecule has 14 heavy (non-hydrogen) atoms. The quantitative estimate of drug-likeness (QED) is 0.771. The normalized spacial score (nSPS) is 12.1. The van der Waals surface area contributed by atoms with Crippen molar-refractivity contribution >= 4 is 0 Å². The van der Waals surface area contributed by atoms with E-state index in [1.807, 2.05) is 0 Å². The van der Waals surface area contributed by atoms with Gasteiger partial charge in [-0.2, -0.15) is 0 Å². The van der Waals surface area contributed by atoms with Gasteiger partial charge in [-0.15, -0.1) is 0 Å². The zero-order valence-electron chi connectivity index (χ0n) is 9.77. The van der Waals surface area contributed by atoms with Crippen LogP contribution in [0.15, 0.2) is 4.79 Å². The van der Waals surface area contributed by atoms with Gasteiger partial charge < -0.3 is 0 Å². The molecule has 1 heterocycles. The first-order valence-electron chi connectivity index (χ1n) is 5.16. The number of H-pyrrole nitrogens is 1. The average Bonchev–Trinajstić information content (AvgIpc) is 2.32. The van der Waals surface area contributed by atoms with Gasteiger partial charge >= 0.3 is 0 Å². The number of nitrogens with zero attached hydrogens (tertiary/aromatic N) is 1. The van der Waals surface area contributed by atoms with Gasteiger partial charge in [0.25, 0.3) is 5.56 Å². The van der Waals surface area contributed by atoms with Crippen molar-refractivity contribution in [1.82, 2.24) is 9.78 Å². The van der Waals surface area contributed by atoms with Gasteiger partial charge in [0.2, 0.25) is 0 Å². The molecule has 0 radical (unpaired) electrons. The van der Waals surface area contributed by atoms with Crippen LogP contribution in [-0.2, 0) is 18.9 Å². The second-order valence-electron chi connectivity index (χ2n) is 4.83. The lowest BCUT2D eigenvalue weighted by atomic mass is 9.88. The molecule has 1 N–H and O–H groups in total. The SMILES string of the molecule is CCCc1c(C(C)(C)C)[nH]n(C)c1=O. The van der Waals surface area contributed by atoms with Crippen LogP contribution in [-0.4, -0.2) is 9.78 Å². The van der Waals surface area contributed by atoms with E-state index in [2.05, 4.69) is 32.8 Å². The van der Waals surface area contributed by atoms with Crippen LogP contribution >= 0.6 is 0 Å². The highest BCUT2D eigenvalue weighted by Crippen LogP contribution is 2.22. The second kappa shape index (κ2) is 3.64. The molecule has 0 fully saturated rings. The van der Waals surface area contributed by atoms with E-state index >= 15 is 0 Å². The third-order valence-corrected chi connectivity index (χ3v) is 2.39. The van der Waals surface area contributed by atoms with E-state index in [1.54, 1.807) is 11.7 Å². The van der Waals surface area contributed by atoms with E-state index < -0.39 is 0 Å². The predicted octanol–water partition coefficient (Wildman–Crippen LogP) is 1.96. The summed E-state index contributed by atoms with van der Waals surface area (Å²) in [4.78, 5) is 11.8. The van der Waals surface area contributed by atoms with Gasteiger partial charge in [0.15, 0.2) is 0 Å². The van der Waals surface area contributed by atoms with Crippen molar-refractivity contribution < 1.29 is 0 Å². The molecule has 0 amide bonds. The molecule has 1 aromatic rings. The monoisotopic (exact) mass is 196 g/mol. The maximum Gasteiger partial charge on any atom is 0.269 e. The summed E-state index contributed by atoms with van der Waals surface area (Å²) in [6.07, 6.45) is 1.87. The lowest BCUT2D eigenvalue weighted by Crippen LogP contribution is -2.17. The van der Waals surface area contributed by atoms with E-state index in [0.717, 1.165) is 24.1 Å². The van der Waals surface area contributed by atoms with Crippen LogP contribution in [0, 0.1) is 0 Å². The van der Waals surface area contributed by atoms with E-state index in [9.17, 15) is 4.79 Å². The molecule has 0 aliphatic carbocycles. The summed E-state index contributed by atoms with van der Waals surface area (Å²) in [6, 6.07) is 0. The highest BCUT2D eigenvalue weighted by atomic mass is 16.1. The summed E-state index contributed by atoms with van der Waals surface area (Å²) >= 11 is 0. The topological polar surface area (TPSA) is 37.8 Å². The molecule has 1 rings (SSSR count). The molecule has 0 unspecified atom stereocenters. The van der Waals surface area contributed by atoms with Crippen LogP contribution in [0.1, 0.15) is 45.4 Å². The fourth-order valence-electron chi connectivity index (χ4n) is 1.70. The third kappa shape index (κ3) is 1.91. The molecule has 0 saturated heterocycles. The maximum absolute atomic E-state index is 11.8. The Hall–Kier alpha value is -0.990. The van der Waals surface area contributed by atoms with Crippen LogP contribution in [0.2, 0.25) is 0 Å². The lowest BCUT2D eigenvalue weighted by molar-refractivity contribution is 0.547. The third-order valence-electron chi connectivity index (χ3n) is 2.39. The zero-order valence-corrected chi connectivity index (χ0v) is 9.77. The smallest absolute Gasteiger partial charge is 0.269 e. The minimum atomic E-state index is 0.0188. The summed E-state index contributed by atoms with van der Waals surface area (Å²) in [5.74, 6) is 0. The number of nitrogens with one attached hydrogen (secondary N) is 1. The zero-order chi connectivity index (χ0) is 10.9. The molecule has 0 aliphatic heterocycles. The van der Waals surface area contributed by atoms with E-state index in [0.29, 0.717) is 0 Å². The molecule has 3 nitrogen and oxygen atoms in total.